The molecule has 0 saturated carbocycles. The van der Waals surface area contributed by atoms with E-state index in [1.165, 1.54) is 0 Å². The first-order valence-corrected chi connectivity index (χ1v) is 3.01. The van der Waals surface area contributed by atoms with Gasteiger partial charge in [0.1, 0.15) is 0 Å². The average molecular weight is 141 g/mol. The Morgan fingerprint density at radius 2 is 2.20 bits per heavy atom. The number of hydrogen-bond donors (Lipinski definition) is 1. The smallest absolute Gasteiger partial charge is 0.336 e. The van der Waals surface area contributed by atoms with Gasteiger partial charge in [-0.2, -0.15) is 0 Å². The highest BCUT2D eigenvalue weighted by Crippen LogP contribution is 1.98. The summed E-state index contributed by atoms with van der Waals surface area (Å²) in [5.41, 5.74) is 0.637. The fourth-order valence-corrected chi connectivity index (χ4v) is 0.630. The summed E-state index contributed by atoms with van der Waals surface area (Å²) in [6.07, 6.45) is 0.613. The topological polar surface area (TPSA) is 49.7 Å². The lowest BCUT2D eigenvalue weighted by Gasteiger charge is -1.99. The van der Waals surface area contributed by atoms with E-state index in [1.54, 1.807) is 7.05 Å². The van der Waals surface area contributed by atoms with Gasteiger partial charge in [0.15, 0.2) is 0 Å². The van der Waals surface area contributed by atoms with E-state index in [4.69, 9.17) is 5.11 Å². The van der Waals surface area contributed by atoms with Crippen molar-refractivity contribution >= 4 is 11.7 Å². The van der Waals surface area contributed by atoms with E-state index < -0.39 is 5.97 Å². The van der Waals surface area contributed by atoms with Crippen LogP contribution in [0.4, 0.5) is 0 Å². The summed E-state index contributed by atoms with van der Waals surface area (Å²) in [7, 11) is 1.56. The van der Waals surface area contributed by atoms with Crippen LogP contribution in [0.2, 0.25) is 0 Å². The van der Waals surface area contributed by atoms with E-state index in [0.29, 0.717) is 12.1 Å². The van der Waals surface area contributed by atoms with Crippen molar-refractivity contribution in [2.75, 3.05) is 7.05 Å². The van der Waals surface area contributed by atoms with Crippen LogP contribution in [0.15, 0.2) is 17.1 Å². The zero-order chi connectivity index (χ0) is 8.15. The van der Waals surface area contributed by atoms with Crippen LogP contribution >= 0.6 is 0 Å². The van der Waals surface area contributed by atoms with E-state index in [1.807, 2.05) is 6.92 Å². The molecule has 0 aliphatic heterocycles. The summed E-state index contributed by atoms with van der Waals surface area (Å²) < 4.78 is 0. The minimum atomic E-state index is -0.998. The SMILES string of the molecule is C=C(C(=O)O)/C(CC)=N\C. The third kappa shape index (κ3) is 2.01. The summed E-state index contributed by atoms with van der Waals surface area (Å²) in [5, 5.41) is 8.43. The summed E-state index contributed by atoms with van der Waals surface area (Å²) in [6.45, 7) is 5.21. The van der Waals surface area contributed by atoms with Crippen LogP contribution in [0.3, 0.4) is 0 Å². The Balaban J connectivity index is 4.33. The number of carbonyl (C=O) groups is 1. The number of hydrogen-bond acceptors (Lipinski definition) is 2. The quantitative estimate of drug-likeness (QED) is 0.472. The molecule has 0 aromatic rings. The first kappa shape index (κ1) is 8.88. The molecule has 3 nitrogen and oxygen atoms in total. The number of aliphatic imine (C=N–C) groups is 1. The molecular formula is C7H11NO2. The van der Waals surface area contributed by atoms with Crippen LogP contribution < -0.4 is 0 Å². The molecule has 0 rings (SSSR count). The second-order valence-electron chi connectivity index (χ2n) is 1.81. The van der Waals surface area contributed by atoms with E-state index in [-0.39, 0.29) is 5.57 Å². The molecule has 0 saturated heterocycles. The molecule has 0 aromatic carbocycles. The number of nitrogens with zero attached hydrogens (tertiary/aromatic N) is 1. The predicted octanol–water partition coefficient (Wildman–Crippen LogP) is 1.11. The molecule has 0 spiro atoms. The Kier molecular flexibility index (Phi) is 3.39. The normalized spacial score (nSPS) is 11.2. The lowest BCUT2D eigenvalue weighted by atomic mass is 10.1. The predicted molar refractivity (Wildman–Crippen MR) is 40.4 cm³/mol. The molecule has 0 aliphatic rings. The summed E-state index contributed by atoms with van der Waals surface area (Å²) >= 11 is 0. The van der Waals surface area contributed by atoms with E-state index in [2.05, 4.69) is 11.6 Å². The zero-order valence-corrected chi connectivity index (χ0v) is 6.22. The van der Waals surface area contributed by atoms with Gasteiger partial charge in [0.25, 0.3) is 0 Å². The summed E-state index contributed by atoms with van der Waals surface area (Å²) in [4.78, 5) is 14.0. The Morgan fingerprint density at radius 1 is 1.70 bits per heavy atom. The van der Waals surface area contributed by atoms with E-state index >= 15 is 0 Å². The number of rotatable bonds is 3. The molecule has 0 radical (unpaired) electrons. The molecule has 0 aliphatic carbocycles. The maximum Gasteiger partial charge on any atom is 0.336 e. The highest BCUT2D eigenvalue weighted by Gasteiger charge is 2.08. The second-order valence-corrected chi connectivity index (χ2v) is 1.81. The molecule has 10 heavy (non-hydrogen) atoms. The Bertz CT molecular complexity index is 182. The average Bonchev–Trinajstić information content (AvgIpc) is 1.90. The highest BCUT2D eigenvalue weighted by atomic mass is 16.4. The van der Waals surface area contributed by atoms with Gasteiger partial charge in [-0.3, -0.25) is 4.99 Å². The van der Waals surface area contributed by atoms with Crippen molar-refractivity contribution in [1.82, 2.24) is 0 Å². The molecule has 0 heterocycles. The third-order valence-electron chi connectivity index (χ3n) is 1.21. The molecule has 0 bridgehead atoms. The van der Waals surface area contributed by atoms with Gasteiger partial charge in [0.2, 0.25) is 0 Å². The molecule has 0 aromatic heterocycles. The van der Waals surface area contributed by atoms with Crippen molar-refractivity contribution in [3.05, 3.63) is 12.2 Å². The van der Waals surface area contributed by atoms with Crippen LogP contribution in [-0.2, 0) is 4.79 Å². The van der Waals surface area contributed by atoms with Gasteiger partial charge in [-0.25, -0.2) is 4.79 Å². The van der Waals surface area contributed by atoms with Crippen molar-refractivity contribution < 1.29 is 9.90 Å². The first-order chi connectivity index (χ1) is 4.63. The Labute approximate surface area is 60.1 Å². The third-order valence-corrected chi connectivity index (χ3v) is 1.21. The lowest BCUT2D eigenvalue weighted by molar-refractivity contribution is -0.132. The molecule has 56 valence electrons. The van der Waals surface area contributed by atoms with Crippen molar-refractivity contribution in [1.29, 1.82) is 0 Å². The second kappa shape index (κ2) is 3.82. The zero-order valence-electron chi connectivity index (χ0n) is 6.22. The van der Waals surface area contributed by atoms with E-state index in [0.717, 1.165) is 0 Å². The molecule has 0 unspecified atom stereocenters. The van der Waals surface area contributed by atoms with Crippen LogP contribution in [0.5, 0.6) is 0 Å². The fourth-order valence-electron chi connectivity index (χ4n) is 0.630. The largest absolute Gasteiger partial charge is 0.478 e. The van der Waals surface area contributed by atoms with Crippen molar-refractivity contribution in [3.8, 4) is 0 Å². The molecule has 1 N–H and O–H groups in total. The van der Waals surface area contributed by atoms with Crippen molar-refractivity contribution in [2.45, 2.75) is 13.3 Å². The standard InChI is InChI=1S/C7H11NO2/c1-4-6(8-3)5(2)7(9)10/h2,4H2,1,3H3,(H,9,10)/b8-6-. The number of aliphatic carboxylic acids is 1. The Morgan fingerprint density at radius 3 is 2.30 bits per heavy atom. The summed E-state index contributed by atoms with van der Waals surface area (Å²) in [6, 6.07) is 0. The van der Waals surface area contributed by atoms with Crippen LogP contribution in [0, 0.1) is 0 Å². The number of carboxylic acid groups (broad SMARTS) is 1. The van der Waals surface area contributed by atoms with Crippen LogP contribution in [0.25, 0.3) is 0 Å². The molecule has 3 heteroatoms. The van der Waals surface area contributed by atoms with Gasteiger partial charge in [0.05, 0.1) is 5.57 Å². The van der Waals surface area contributed by atoms with Gasteiger partial charge < -0.3 is 5.11 Å². The van der Waals surface area contributed by atoms with Gasteiger partial charge in [-0.05, 0) is 6.42 Å². The molecule has 0 amide bonds. The van der Waals surface area contributed by atoms with Crippen LogP contribution in [0.1, 0.15) is 13.3 Å². The number of carboxylic acids is 1. The van der Waals surface area contributed by atoms with E-state index in [9.17, 15) is 4.79 Å². The van der Waals surface area contributed by atoms with Crippen molar-refractivity contribution in [2.24, 2.45) is 4.99 Å². The van der Waals surface area contributed by atoms with Gasteiger partial charge in [0, 0.05) is 12.8 Å². The maximum atomic E-state index is 10.3. The Hall–Kier alpha value is -1.12. The fraction of sp³-hybridized carbons (Fsp3) is 0.429. The molecular weight excluding hydrogens is 130 g/mol. The molecule has 0 atom stereocenters. The minimum absolute atomic E-state index is 0.0880. The highest BCUT2D eigenvalue weighted by molar-refractivity contribution is 6.18. The van der Waals surface area contributed by atoms with Crippen LogP contribution in [-0.4, -0.2) is 23.8 Å². The van der Waals surface area contributed by atoms with Gasteiger partial charge in [-0.1, -0.05) is 13.5 Å². The lowest BCUT2D eigenvalue weighted by Crippen LogP contribution is -2.09. The monoisotopic (exact) mass is 141 g/mol. The van der Waals surface area contributed by atoms with Gasteiger partial charge in [-0.15, -0.1) is 0 Å². The van der Waals surface area contributed by atoms with Gasteiger partial charge >= 0.3 is 5.97 Å². The minimum Gasteiger partial charge on any atom is -0.478 e. The molecule has 0 fully saturated rings. The summed E-state index contributed by atoms with van der Waals surface area (Å²) in [5.74, 6) is -0.998. The first-order valence-electron chi connectivity index (χ1n) is 3.01. The van der Waals surface area contributed by atoms with Crippen molar-refractivity contribution in [3.63, 3.8) is 0 Å². The maximum absolute atomic E-state index is 10.3.